The van der Waals surface area contributed by atoms with Gasteiger partial charge in [0, 0.05) is 72.6 Å². The van der Waals surface area contributed by atoms with Crippen LogP contribution in [0, 0.1) is 19.8 Å². The second kappa shape index (κ2) is 12.7. The van der Waals surface area contributed by atoms with Crippen LogP contribution in [0.3, 0.4) is 0 Å². The van der Waals surface area contributed by atoms with Crippen molar-refractivity contribution >= 4 is 17.4 Å². The van der Waals surface area contributed by atoms with Gasteiger partial charge >= 0.3 is 0 Å². The Morgan fingerprint density at radius 3 is 2.32 bits per heavy atom. The molecular formula is C36H35N5O3. The van der Waals surface area contributed by atoms with E-state index >= 15 is 0 Å². The number of aromatic nitrogens is 3. The van der Waals surface area contributed by atoms with Crippen molar-refractivity contribution in [3.05, 3.63) is 119 Å². The molecule has 6 rings (SSSR count). The summed E-state index contributed by atoms with van der Waals surface area (Å²) in [6, 6.07) is 21.1. The van der Waals surface area contributed by atoms with Crippen LogP contribution in [0.25, 0.3) is 33.4 Å². The molecular weight excluding hydrogens is 550 g/mol. The molecule has 0 aliphatic carbocycles. The van der Waals surface area contributed by atoms with Gasteiger partial charge in [-0.1, -0.05) is 42.0 Å². The van der Waals surface area contributed by atoms with E-state index in [0.29, 0.717) is 29.5 Å². The molecule has 3 aromatic heterocycles. The lowest BCUT2D eigenvalue weighted by Crippen LogP contribution is -2.26. The van der Waals surface area contributed by atoms with E-state index in [1.807, 2.05) is 79.2 Å². The number of anilines is 2. The molecule has 1 amide bonds. The Labute approximate surface area is 256 Å². The molecule has 1 fully saturated rings. The van der Waals surface area contributed by atoms with Gasteiger partial charge in [0.05, 0.1) is 0 Å². The van der Waals surface area contributed by atoms with Gasteiger partial charge in [-0.25, -0.2) is 4.98 Å². The molecule has 4 heterocycles. The molecule has 222 valence electrons. The third-order valence-electron chi connectivity index (χ3n) is 8.10. The minimum absolute atomic E-state index is 0.105. The van der Waals surface area contributed by atoms with Crippen LogP contribution in [-0.2, 0) is 11.3 Å². The van der Waals surface area contributed by atoms with Gasteiger partial charge in [0.2, 0.25) is 5.43 Å². The van der Waals surface area contributed by atoms with Gasteiger partial charge in [-0.15, -0.1) is 0 Å². The van der Waals surface area contributed by atoms with E-state index in [9.17, 15) is 9.59 Å². The van der Waals surface area contributed by atoms with E-state index in [2.05, 4.69) is 15.3 Å². The van der Waals surface area contributed by atoms with Crippen molar-refractivity contribution in [1.82, 2.24) is 14.5 Å². The molecule has 5 aromatic rings. The standard InChI is InChI=1S/C36H35N5O3/c1-23-3-5-27(6-4-23)32-21-41(20-25-12-15-44-16-13-25)22-33(34(32)42)36(43)40-30-9-7-26(8-10-30)31-18-29(19-39-35(31)37)28-11-14-38-24(2)17-28/h3-11,14,17-19,21-22,25H,12-13,15-16,20H2,1-2H3,(H2,37,39)(H,40,43). The zero-order chi connectivity index (χ0) is 30.6. The molecule has 1 aliphatic heterocycles. The van der Waals surface area contributed by atoms with Crippen molar-refractivity contribution < 1.29 is 9.53 Å². The van der Waals surface area contributed by atoms with E-state index in [0.717, 1.165) is 65.1 Å². The summed E-state index contributed by atoms with van der Waals surface area (Å²) in [4.78, 5) is 35.9. The minimum Gasteiger partial charge on any atom is -0.383 e. The number of hydrogen-bond acceptors (Lipinski definition) is 6. The molecule has 2 aromatic carbocycles. The van der Waals surface area contributed by atoms with Crippen LogP contribution in [0.4, 0.5) is 11.5 Å². The highest BCUT2D eigenvalue weighted by Gasteiger charge is 2.20. The first-order valence-electron chi connectivity index (χ1n) is 14.8. The lowest BCUT2D eigenvalue weighted by Gasteiger charge is -2.23. The Morgan fingerprint density at radius 2 is 1.59 bits per heavy atom. The van der Waals surface area contributed by atoms with Crippen LogP contribution >= 0.6 is 0 Å². The van der Waals surface area contributed by atoms with E-state index in [1.165, 1.54) is 0 Å². The summed E-state index contributed by atoms with van der Waals surface area (Å²) in [6.45, 7) is 6.13. The average Bonchev–Trinajstić information content (AvgIpc) is 3.03. The molecule has 0 radical (unpaired) electrons. The summed E-state index contributed by atoms with van der Waals surface area (Å²) >= 11 is 0. The molecule has 0 unspecified atom stereocenters. The van der Waals surface area contributed by atoms with E-state index in [-0.39, 0.29) is 11.0 Å². The molecule has 0 spiro atoms. The van der Waals surface area contributed by atoms with Crippen molar-refractivity contribution in [2.24, 2.45) is 5.92 Å². The molecule has 8 heteroatoms. The van der Waals surface area contributed by atoms with Crippen molar-refractivity contribution in [2.45, 2.75) is 33.2 Å². The minimum atomic E-state index is -0.450. The highest BCUT2D eigenvalue weighted by molar-refractivity contribution is 6.04. The number of nitrogens with one attached hydrogen (secondary N) is 1. The van der Waals surface area contributed by atoms with Crippen LogP contribution in [0.1, 0.15) is 34.5 Å². The van der Waals surface area contributed by atoms with Gasteiger partial charge in [-0.2, -0.15) is 0 Å². The zero-order valence-corrected chi connectivity index (χ0v) is 24.9. The van der Waals surface area contributed by atoms with Crippen LogP contribution in [-0.4, -0.2) is 33.7 Å². The topological polar surface area (TPSA) is 112 Å². The van der Waals surface area contributed by atoms with Gasteiger partial charge in [-0.3, -0.25) is 14.6 Å². The molecule has 1 aliphatic rings. The maximum atomic E-state index is 13.7. The number of carbonyl (C=O) groups is 1. The first-order valence-corrected chi connectivity index (χ1v) is 14.8. The van der Waals surface area contributed by atoms with Crippen molar-refractivity contribution in [1.29, 1.82) is 0 Å². The SMILES string of the molecule is Cc1ccc(-c2cn(CC3CCOCC3)cc(C(=O)Nc3ccc(-c4cc(-c5ccnc(C)c5)cnc4N)cc3)c2=O)cc1. The van der Waals surface area contributed by atoms with Gasteiger partial charge < -0.3 is 20.4 Å². The number of ether oxygens (including phenoxy) is 1. The van der Waals surface area contributed by atoms with Gasteiger partial charge in [-0.05, 0) is 79.6 Å². The maximum absolute atomic E-state index is 13.7. The molecule has 0 atom stereocenters. The molecule has 8 nitrogen and oxygen atoms in total. The molecule has 0 bridgehead atoms. The number of benzene rings is 2. The Hall–Kier alpha value is -5.08. The Balaban J connectivity index is 1.27. The second-order valence-corrected chi connectivity index (χ2v) is 11.4. The number of nitrogens with two attached hydrogens (primary N) is 1. The van der Waals surface area contributed by atoms with Crippen LogP contribution in [0.2, 0.25) is 0 Å². The lowest BCUT2D eigenvalue weighted by molar-refractivity contribution is 0.0612. The fourth-order valence-electron chi connectivity index (χ4n) is 5.59. The second-order valence-electron chi connectivity index (χ2n) is 11.4. The number of nitrogen functional groups attached to an aromatic ring is 1. The van der Waals surface area contributed by atoms with Crippen molar-refractivity contribution in [3.63, 3.8) is 0 Å². The Kier molecular flexibility index (Phi) is 8.34. The van der Waals surface area contributed by atoms with Crippen LogP contribution in [0.15, 0.2) is 96.3 Å². The average molecular weight is 586 g/mol. The van der Waals surface area contributed by atoms with E-state index in [4.69, 9.17) is 10.5 Å². The highest BCUT2D eigenvalue weighted by atomic mass is 16.5. The molecule has 1 saturated heterocycles. The summed E-state index contributed by atoms with van der Waals surface area (Å²) < 4.78 is 7.51. The summed E-state index contributed by atoms with van der Waals surface area (Å²) in [5.41, 5.74) is 13.5. The largest absolute Gasteiger partial charge is 0.383 e. The van der Waals surface area contributed by atoms with Crippen molar-refractivity contribution in [2.75, 3.05) is 24.3 Å². The number of nitrogens with zero attached hydrogens (tertiary/aromatic N) is 3. The number of pyridine rings is 3. The third-order valence-corrected chi connectivity index (χ3v) is 8.10. The third kappa shape index (κ3) is 6.45. The highest BCUT2D eigenvalue weighted by Crippen LogP contribution is 2.30. The van der Waals surface area contributed by atoms with Crippen LogP contribution in [0.5, 0.6) is 0 Å². The van der Waals surface area contributed by atoms with Gasteiger partial charge in [0.15, 0.2) is 0 Å². The first-order chi connectivity index (χ1) is 21.3. The molecule has 44 heavy (non-hydrogen) atoms. The monoisotopic (exact) mass is 585 g/mol. The van der Waals surface area contributed by atoms with Gasteiger partial charge in [0.25, 0.3) is 5.91 Å². The molecule has 0 saturated carbocycles. The fraction of sp³-hybridized carbons (Fsp3) is 0.222. The van der Waals surface area contributed by atoms with E-state index in [1.54, 1.807) is 30.7 Å². The Bertz CT molecular complexity index is 1860. The number of hydrogen-bond donors (Lipinski definition) is 2. The number of amides is 1. The summed E-state index contributed by atoms with van der Waals surface area (Å²) in [5, 5.41) is 2.93. The van der Waals surface area contributed by atoms with Gasteiger partial charge in [0.1, 0.15) is 11.4 Å². The molecule has 3 N–H and O–H groups in total. The fourth-order valence-corrected chi connectivity index (χ4v) is 5.59. The predicted octanol–water partition coefficient (Wildman–Crippen LogP) is 6.52. The lowest BCUT2D eigenvalue weighted by atomic mass is 9.99. The summed E-state index contributed by atoms with van der Waals surface area (Å²) in [7, 11) is 0. The predicted molar refractivity (Wildman–Crippen MR) is 174 cm³/mol. The number of carbonyl (C=O) groups excluding carboxylic acids is 1. The summed E-state index contributed by atoms with van der Waals surface area (Å²) in [6.07, 6.45) is 8.97. The smallest absolute Gasteiger partial charge is 0.261 e. The maximum Gasteiger partial charge on any atom is 0.261 e. The van der Waals surface area contributed by atoms with Crippen LogP contribution < -0.4 is 16.5 Å². The first kappa shape index (κ1) is 29.0. The number of rotatable bonds is 7. The zero-order valence-electron chi connectivity index (χ0n) is 24.9. The number of aryl methyl sites for hydroxylation is 2. The quantitative estimate of drug-likeness (QED) is 0.225. The Morgan fingerprint density at radius 1 is 0.886 bits per heavy atom. The van der Waals surface area contributed by atoms with E-state index < -0.39 is 5.91 Å². The normalized spacial score (nSPS) is 13.5. The van der Waals surface area contributed by atoms with Crippen molar-refractivity contribution in [3.8, 4) is 33.4 Å². The summed E-state index contributed by atoms with van der Waals surface area (Å²) in [5.74, 6) is 0.381.